The average Bonchev–Trinajstić information content (AvgIpc) is 2.16. The van der Waals surface area contributed by atoms with Gasteiger partial charge in [0, 0.05) is 12.1 Å². The minimum absolute atomic E-state index is 0.136. The Bertz CT molecular complexity index is 297. The third kappa shape index (κ3) is 3.09. The Morgan fingerprint density at radius 1 is 1.43 bits per heavy atom. The molecule has 0 unspecified atom stereocenters. The number of benzene rings is 1. The number of hydrogen-bond donors (Lipinski definition) is 1. The van der Waals surface area contributed by atoms with Crippen molar-refractivity contribution < 1.29 is 9.53 Å². The number of para-hydroxylation sites is 1. The fraction of sp³-hybridized carbons (Fsp3) is 0.364. The number of carbonyl (C=O) groups excluding carboxylic acids is 1. The number of rotatable bonds is 5. The maximum Gasteiger partial charge on any atom is 0.309 e. The molecule has 1 amide bonds. The van der Waals surface area contributed by atoms with Crippen molar-refractivity contribution in [2.24, 2.45) is 0 Å². The van der Waals surface area contributed by atoms with Gasteiger partial charge in [-0.05, 0) is 19.9 Å². The normalized spacial score (nSPS) is 9.93. The van der Waals surface area contributed by atoms with E-state index in [0.717, 1.165) is 11.3 Å². The van der Waals surface area contributed by atoms with Crippen molar-refractivity contribution in [3.63, 3.8) is 0 Å². The molecular weight excluding hydrogens is 178 g/mol. The summed E-state index contributed by atoms with van der Waals surface area (Å²) < 4.78 is 5.57. The molecule has 0 aliphatic carbocycles. The molecule has 1 aromatic carbocycles. The fourth-order valence-electron chi connectivity index (χ4n) is 1.15. The lowest BCUT2D eigenvalue weighted by Gasteiger charge is -2.13. The number of hydrogen-bond acceptors (Lipinski definition) is 2. The van der Waals surface area contributed by atoms with Gasteiger partial charge in [-0.15, -0.1) is 0 Å². The van der Waals surface area contributed by atoms with Crippen LogP contribution in [0.4, 0.5) is 0 Å². The summed E-state index contributed by atoms with van der Waals surface area (Å²) in [6, 6.07) is 7.63. The van der Waals surface area contributed by atoms with Crippen LogP contribution in [0, 0.1) is 0 Å². The molecule has 75 valence electrons. The molecule has 0 saturated carbocycles. The van der Waals surface area contributed by atoms with Crippen molar-refractivity contribution in [1.82, 2.24) is 5.32 Å². The summed E-state index contributed by atoms with van der Waals surface area (Å²) in [4.78, 5) is 10.0. The molecule has 0 bridgehead atoms. The highest BCUT2D eigenvalue weighted by Gasteiger charge is 2.03. The fourth-order valence-corrected chi connectivity index (χ4v) is 1.15. The number of nitrogens with one attached hydrogen (secondary N) is 1. The van der Waals surface area contributed by atoms with E-state index in [4.69, 9.17) is 4.74 Å². The molecule has 0 aliphatic heterocycles. The van der Waals surface area contributed by atoms with Gasteiger partial charge >= 0.3 is 6.41 Å². The van der Waals surface area contributed by atoms with Gasteiger partial charge in [0.25, 0.3) is 0 Å². The van der Waals surface area contributed by atoms with Crippen molar-refractivity contribution in [2.45, 2.75) is 26.5 Å². The molecule has 0 atom stereocenters. The first-order valence-electron chi connectivity index (χ1n) is 4.58. The molecule has 3 nitrogen and oxygen atoms in total. The van der Waals surface area contributed by atoms with Crippen LogP contribution >= 0.6 is 0 Å². The monoisotopic (exact) mass is 192 g/mol. The van der Waals surface area contributed by atoms with E-state index < -0.39 is 0 Å². The van der Waals surface area contributed by atoms with Gasteiger partial charge in [0.2, 0.25) is 0 Å². The topological polar surface area (TPSA) is 38.3 Å². The van der Waals surface area contributed by atoms with E-state index in [2.05, 4.69) is 5.32 Å². The molecule has 1 radical (unpaired) electrons. The zero-order valence-electron chi connectivity index (χ0n) is 8.41. The Labute approximate surface area is 84.1 Å². The Morgan fingerprint density at radius 2 is 2.14 bits per heavy atom. The van der Waals surface area contributed by atoms with E-state index in [1.165, 1.54) is 0 Å². The van der Waals surface area contributed by atoms with Crippen LogP contribution in [0.5, 0.6) is 5.75 Å². The average molecular weight is 192 g/mol. The van der Waals surface area contributed by atoms with E-state index in [-0.39, 0.29) is 6.10 Å². The van der Waals surface area contributed by atoms with Crippen LogP contribution in [-0.4, -0.2) is 12.5 Å². The van der Waals surface area contributed by atoms with E-state index in [0.29, 0.717) is 6.54 Å². The maximum absolute atomic E-state index is 10.0. The third-order valence-corrected chi connectivity index (χ3v) is 1.69. The van der Waals surface area contributed by atoms with Crippen molar-refractivity contribution in [3.05, 3.63) is 29.8 Å². The van der Waals surface area contributed by atoms with Crippen LogP contribution in [0.3, 0.4) is 0 Å². The first-order valence-corrected chi connectivity index (χ1v) is 4.58. The largest absolute Gasteiger partial charge is 0.491 e. The molecule has 3 heteroatoms. The van der Waals surface area contributed by atoms with Gasteiger partial charge in [0.05, 0.1) is 6.10 Å². The Balaban J connectivity index is 2.74. The molecule has 0 saturated heterocycles. The summed E-state index contributed by atoms with van der Waals surface area (Å²) in [6.07, 6.45) is 1.78. The minimum atomic E-state index is 0.136. The van der Waals surface area contributed by atoms with Gasteiger partial charge in [-0.2, -0.15) is 0 Å². The van der Waals surface area contributed by atoms with Crippen LogP contribution in [-0.2, 0) is 11.3 Å². The lowest BCUT2D eigenvalue weighted by Crippen LogP contribution is -2.13. The zero-order chi connectivity index (χ0) is 10.4. The molecule has 0 heterocycles. The summed E-state index contributed by atoms with van der Waals surface area (Å²) in [7, 11) is 0. The SMILES string of the molecule is CC(C)Oc1ccccc1CN[C]=O. The Hall–Kier alpha value is -1.51. The summed E-state index contributed by atoms with van der Waals surface area (Å²) in [5, 5.41) is 2.49. The molecule has 14 heavy (non-hydrogen) atoms. The highest BCUT2D eigenvalue weighted by atomic mass is 16.5. The van der Waals surface area contributed by atoms with Gasteiger partial charge in [-0.1, -0.05) is 18.2 Å². The minimum Gasteiger partial charge on any atom is -0.491 e. The number of ether oxygens (including phenoxy) is 1. The summed E-state index contributed by atoms with van der Waals surface area (Å²) >= 11 is 0. The van der Waals surface area contributed by atoms with Gasteiger partial charge in [0.1, 0.15) is 5.75 Å². The third-order valence-electron chi connectivity index (χ3n) is 1.69. The van der Waals surface area contributed by atoms with Crippen molar-refractivity contribution in [2.75, 3.05) is 0 Å². The van der Waals surface area contributed by atoms with E-state index in [1.54, 1.807) is 6.41 Å². The number of amides is 1. The highest BCUT2D eigenvalue weighted by Crippen LogP contribution is 2.18. The standard InChI is InChI=1S/C11H14NO2/c1-9(2)14-11-6-4-3-5-10(11)7-12-8-13/h3-6,9H,7H2,1-2H3,(H,12,13). The lowest BCUT2D eigenvalue weighted by atomic mass is 10.2. The van der Waals surface area contributed by atoms with E-state index in [1.807, 2.05) is 38.1 Å². The van der Waals surface area contributed by atoms with Crippen molar-refractivity contribution >= 4 is 6.41 Å². The van der Waals surface area contributed by atoms with Gasteiger partial charge in [-0.3, -0.25) is 4.79 Å². The Kier molecular flexibility index (Phi) is 3.98. The smallest absolute Gasteiger partial charge is 0.309 e. The molecule has 0 aromatic heterocycles. The molecule has 0 spiro atoms. The van der Waals surface area contributed by atoms with E-state index in [9.17, 15) is 4.79 Å². The summed E-state index contributed by atoms with van der Waals surface area (Å²) in [5.41, 5.74) is 0.963. The lowest BCUT2D eigenvalue weighted by molar-refractivity contribution is 0.240. The predicted octanol–water partition coefficient (Wildman–Crippen LogP) is 1.63. The second-order valence-electron chi connectivity index (χ2n) is 3.23. The molecule has 0 aliphatic rings. The molecule has 1 rings (SSSR count). The zero-order valence-corrected chi connectivity index (χ0v) is 8.41. The second kappa shape index (κ2) is 5.27. The first kappa shape index (κ1) is 10.6. The van der Waals surface area contributed by atoms with Crippen LogP contribution < -0.4 is 10.1 Å². The van der Waals surface area contributed by atoms with Crippen LogP contribution in [0.2, 0.25) is 0 Å². The van der Waals surface area contributed by atoms with Crippen LogP contribution in [0.25, 0.3) is 0 Å². The summed E-state index contributed by atoms with van der Waals surface area (Å²) in [5.74, 6) is 0.810. The predicted molar refractivity (Wildman–Crippen MR) is 54.7 cm³/mol. The van der Waals surface area contributed by atoms with E-state index >= 15 is 0 Å². The quantitative estimate of drug-likeness (QED) is 0.720. The first-order chi connectivity index (χ1) is 6.74. The molecule has 1 aromatic rings. The maximum atomic E-state index is 10.0. The van der Waals surface area contributed by atoms with Gasteiger partial charge in [-0.25, -0.2) is 0 Å². The van der Waals surface area contributed by atoms with Crippen LogP contribution in [0.1, 0.15) is 19.4 Å². The Morgan fingerprint density at radius 3 is 2.79 bits per heavy atom. The molecular formula is C11H14NO2. The van der Waals surface area contributed by atoms with Crippen molar-refractivity contribution in [3.8, 4) is 5.75 Å². The summed E-state index contributed by atoms with van der Waals surface area (Å²) in [6.45, 7) is 4.39. The molecule has 1 N–H and O–H groups in total. The van der Waals surface area contributed by atoms with Crippen LogP contribution in [0.15, 0.2) is 24.3 Å². The van der Waals surface area contributed by atoms with Gasteiger partial charge < -0.3 is 10.1 Å². The van der Waals surface area contributed by atoms with Gasteiger partial charge in [0.15, 0.2) is 0 Å². The van der Waals surface area contributed by atoms with Crippen molar-refractivity contribution in [1.29, 1.82) is 0 Å². The second-order valence-corrected chi connectivity index (χ2v) is 3.23. The highest BCUT2D eigenvalue weighted by molar-refractivity contribution is 5.48. The molecule has 0 fully saturated rings.